The lowest BCUT2D eigenvalue weighted by molar-refractivity contribution is -0.719. The maximum atomic E-state index is 11.4. The van der Waals surface area contributed by atoms with Crippen LogP contribution in [0.2, 0.25) is 0 Å². The Hall–Kier alpha value is -1.04. The summed E-state index contributed by atoms with van der Waals surface area (Å²) in [4.78, 5) is 5.36. The van der Waals surface area contributed by atoms with Gasteiger partial charge in [-0.25, -0.2) is 0 Å². The molecule has 0 aromatic heterocycles. The molecule has 0 fully saturated rings. The van der Waals surface area contributed by atoms with Crippen molar-refractivity contribution in [3.63, 3.8) is 0 Å². The Morgan fingerprint density at radius 2 is 2.00 bits per heavy atom. The van der Waals surface area contributed by atoms with E-state index in [0.29, 0.717) is 11.6 Å². The zero-order valence-electron chi connectivity index (χ0n) is 11.5. The number of hydrogen-bond acceptors (Lipinski definition) is 4. The normalized spacial score (nSPS) is 14.6. The van der Waals surface area contributed by atoms with E-state index < -0.39 is 0 Å². The molecule has 0 aliphatic carbocycles. The third-order valence-electron chi connectivity index (χ3n) is 2.46. The van der Waals surface area contributed by atoms with Crippen molar-refractivity contribution >= 4 is 0 Å². The Bertz CT molecular complexity index is 237. The molecule has 0 aromatic rings. The van der Waals surface area contributed by atoms with Gasteiger partial charge in [-0.3, -0.25) is 0 Å². The van der Waals surface area contributed by atoms with Crippen molar-refractivity contribution < 1.29 is 14.9 Å². The molecule has 0 aliphatic heterocycles. The molecule has 102 valence electrons. The van der Waals surface area contributed by atoms with Gasteiger partial charge < -0.3 is 15.2 Å². The van der Waals surface area contributed by atoms with Crippen LogP contribution in [0.3, 0.4) is 0 Å². The van der Waals surface area contributed by atoms with E-state index in [1.807, 2.05) is 20.8 Å². The summed E-state index contributed by atoms with van der Waals surface area (Å²) in [5.74, 6) is 0. The highest BCUT2D eigenvalue weighted by atomic mass is 16.7. The largest absolute Gasteiger partial charge is 0.569 e. The number of nitrogens with zero attached hydrogens (tertiary/aromatic N) is 3. The van der Waals surface area contributed by atoms with Gasteiger partial charge in [-0.15, -0.1) is 5.01 Å². The average Bonchev–Trinajstić information content (AvgIpc) is 2.19. The number of unbranched alkanes of at least 4 members (excludes halogenated alkanes) is 1. The summed E-state index contributed by atoms with van der Waals surface area (Å²) >= 11 is 0. The summed E-state index contributed by atoms with van der Waals surface area (Å²) in [7, 11) is 1.66. The zero-order valence-corrected chi connectivity index (χ0v) is 11.5. The molecular formula is C11H25N3O3. The van der Waals surface area contributed by atoms with Gasteiger partial charge in [0.2, 0.25) is 5.28 Å². The second-order valence-electron chi connectivity index (χ2n) is 5.21. The van der Waals surface area contributed by atoms with Crippen molar-refractivity contribution in [2.75, 3.05) is 13.7 Å². The molecule has 0 spiro atoms. The van der Waals surface area contributed by atoms with Crippen LogP contribution in [0, 0.1) is 5.21 Å². The summed E-state index contributed by atoms with van der Waals surface area (Å²) < 4.78 is 0. The van der Waals surface area contributed by atoms with Gasteiger partial charge in [-0.2, -0.15) is 0 Å². The minimum atomic E-state index is -0.291. The van der Waals surface area contributed by atoms with Gasteiger partial charge in [0.15, 0.2) is 0 Å². The van der Waals surface area contributed by atoms with Crippen LogP contribution in [0.15, 0.2) is 5.28 Å². The van der Waals surface area contributed by atoms with Crippen LogP contribution < -0.4 is 0 Å². The first-order valence-electron chi connectivity index (χ1n) is 5.97. The number of hydrazine groups is 1. The van der Waals surface area contributed by atoms with Gasteiger partial charge in [0.05, 0.1) is 23.7 Å². The van der Waals surface area contributed by atoms with E-state index in [-0.39, 0.29) is 11.6 Å². The molecule has 1 atom stereocenters. The molecular weight excluding hydrogens is 222 g/mol. The lowest BCUT2D eigenvalue weighted by Crippen LogP contribution is -2.42. The lowest BCUT2D eigenvalue weighted by atomic mass is 10.1. The van der Waals surface area contributed by atoms with Crippen molar-refractivity contribution in [3.8, 4) is 0 Å². The first kappa shape index (κ1) is 16.0. The maximum Gasteiger partial charge on any atom is 0.233 e. The number of aliphatic hydroxyl groups is 1. The molecule has 0 heterocycles. The summed E-state index contributed by atoms with van der Waals surface area (Å²) in [6.07, 6.45) is 2.10. The highest BCUT2D eigenvalue weighted by Crippen LogP contribution is 2.10. The third-order valence-corrected chi connectivity index (χ3v) is 2.46. The first-order chi connectivity index (χ1) is 7.75. The van der Waals surface area contributed by atoms with Crippen LogP contribution in [-0.2, 0) is 4.84 Å². The molecule has 0 rings (SSSR count). The Balaban J connectivity index is 3.78. The lowest BCUT2D eigenvalue weighted by Gasteiger charge is -2.26. The van der Waals surface area contributed by atoms with Gasteiger partial charge in [-0.05, 0) is 47.0 Å². The smallest absolute Gasteiger partial charge is 0.233 e. The number of aliphatic hydroxyl groups excluding tert-OH is 1. The van der Waals surface area contributed by atoms with Gasteiger partial charge in [0, 0.05) is 0 Å². The third kappa shape index (κ3) is 7.79. The second-order valence-corrected chi connectivity index (χ2v) is 5.21. The van der Waals surface area contributed by atoms with Crippen LogP contribution in [0.5, 0.6) is 0 Å². The van der Waals surface area contributed by atoms with Crippen molar-refractivity contribution in [2.24, 2.45) is 5.28 Å². The molecule has 0 bridgehead atoms. The topological polar surface area (TPSA) is 71.1 Å². The highest BCUT2D eigenvalue weighted by molar-refractivity contribution is 4.64. The van der Waals surface area contributed by atoms with E-state index >= 15 is 0 Å². The van der Waals surface area contributed by atoms with Crippen molar-refractivity contribution in [1.29, 1.82) is 0 Å². The maximum absolute atomic E-state index is 11.4. The fraction of sp³-hybridized carbons (Fsp3) is 1.00. The quantitative estimate of drug-likeness (QED) is 0.323. The van der Waals surface area contributed by atoms with Crippen molar-refractivity contribution in [3.05, 3.63) is 5.21 Å². The van der Waals surface area contributed by atoms with E-state index in [9.17, 15) is 5.21 Å². The molecule has 17 heavy (non-hydrogen) atoms. The summed E-state index contributed by atoms with van der Waals surface area (Å²) in [6.45, 7) is 7.88. The first-order valence-corrected chi connectivity index (χ1v) is 5.97. The molecule has 0 unspecified atom stereocenters. The molecule has 6 nitrogen and oxygen atoms in total. The van der Waals surface area contributed by atoms with E-state index in [4.69, 9.17) is 9.94 Å². The SMILES string of the molecule is C[C@@H](O)CCCCO/N=[N+](\[O-])N(C)C(C)(C)C. The van der Waals surface area contributed by atoms with E-state index in [1.54, 1.807) is 14.0 Å². The Kier molecular flexibility index (Phi) is 6.87. The Labute approximate surface area is 103 Å². The molecule has 0 saturated carbocycles. The number of rotatable bonds is 7. The Morgan fingerprint density at radius 1 is 1.41 bits per heavy atom. The molecule has 0 aromatic carbocycles. The fourth-order valence-corrected chi connectivity index (χ4v) is 1.01. The highest BCUT2D eigenvalue weighted by Gasteiger charge is 2.24. The molecule has 6 heteroatoms. The Morgan fingerprint density at radius 3 is 2.47 bits per heavy atom. The standard InChI is InChI=1S/C11H25N3O3/c1-10(15)8-6-7-9-17-12-14(16)13(5)11(2,3)4/h10,15H,6-9H2,1-5H3/b14-12-/t10-/m1/s1. The van der Waals surface area contributed by atoms with E-state index in [1.165, 1.54) is 5.01 Å². The van der Waals surface area contributed by atoms with Crippen molar-refractivity contribution in [2.45, 2.75) is 58.6 Å². The summed E-state index contributed by atoms with van der Waals surface area (Å²) in [5, 5.41) is 25.4. The van der Waals surface area contributed by atoms with Crippen LogP contribution in [0.1, 0.15) is 47.0 Å². The molecule has 0 saturated heterocycles. The van der Waals surface area contributed by atoms with Crippen LogP contribution in [0.4, 0.5) is 0 Å². The van der Waals surface area contributed by atoms with Gasteiger partial charge in [0.25, 0.3) is 0 Å². The zero-order chi connectivity index (χ0) is 13.5. The predicted molar refractivity (Wildman–Crippen MR) is 65.1 cm³/mol. The summed E-state index contributed by atoms with van der Waals surface area (Å²) in [5.41, 5.74) is -0.291. The van der Waals surface area contributed by atoms with Gasteiger partial charge in [0.1, 0.15) is 6.61 Å². The molecule has 0 aliphatic rings. The van der Waals surface area contributed by atoms with Gasteiger partial charge >= 0.3 is 0 Å². The number of hydrogen-bond donors (Lipinski definition) is 1. The van der Waals surface area contributed by atoms with Crippen LogP contribution in [0.25, 0.3) is 0 Å². The summed E-state index contributed by atoms with van der Waals surface area (Å²) in [6, 6.07) is 0. The minimum Gasteiger partial charge on any atom is -0.569 e. The van der Waals surface area contributed by atoms with E-state index in [0.717, 1.165) is 19.3 Å². The van der Waals surface area contributed by atoms with Crippen molar-refractivity contribution in [1.82, 2.24) is 5.01 Å². The molecule has 0 amide bonds. The van der Waals surface area contributed by atoms with E-state index in [2.05, 4.69) is 5.28 Å². The van der Waals surface area contributed by atoms with Gasteiger partial charge in [-0.1, -0.05) is 0 Å². The molecule has 0 radical (unpaired) electrons. The second kappa shape index (κ2) is 7.32. The van der Waals surface area contributed by atoms with Crippen LogP contribution in [-0.4, -0.2) is 40.4 Å². The van der Waals surface area contributed by atoms with Crippen LogP contribution >= 0.6 is 0 Å². The average molecular weight is 247 g/mol. The minimum absolute atomic E-state index is 0.282. The fourth-order valence-electron chi connectivity index (χ4n) is 1.01. The monoisotopic (exact) mass is 247 g/mol. The predicted octanol–water partition coefficient (Wildman–Crippen LogP) is 2.08. The molecule has 1 N–H and O–H groups in total.